The van der Waals surface area contributed by atoms with Gasteiger partial charge in [-0.05, 0) is 24.8 Å². The third kappa shape index (κ3) is 8.34. The highest BCUT2D eigenvalue weighted by Gasteiger charge is 2.25. The molecular weight excluding hydrogens is 281 g/mol. The smallest absolute Gasteiger partial charge is 0.356 e. The van der Waals surface area contributed by atoms with Gasteiger partial charge < -0.3 is 11.1 Å². The van der Waals surface area contributed by atoms with E-state index in [0.29, 0.717) is 12.8 Å². The Kier molecular flexibility index (Phi) is 7.22. The summed E-state index contributed by atoms with van der Waals surface area (Å²) in [5.74, 6) is -0.173. The van der Waals surface area contributed by atoms with E-state index < -0.39 is 12.6 Å². The zero-order valence-corrected chi connectivity index (χ0v) is 11.8. The largest absolute Gasteiger partial charge is 0.389 e. The molecule has 6 heteroatoms. The molecule has 1 rings (SSSR count). The molecule has 0 spiro atoms. The van der Waals surface area contributed by atoms with Crippen LogP contribution in [0.3, 0.4) is 0 Å². The lowest BCUT2D eigenvalue weighted by molar-refractivity contribution is -0.135. The van der Waals surface area contributed by atoms with Crippen LogP contribution in [0.5, 0.6) is 0 Å². The average molecular weight is 302 g/mol. The van der Waals surface area contributed by atoms with Crippen molar-refractivity contribution in [1.82, 2.24) is 5.32 Å². The van der Waals surface area contributed by atoms with Gasteiger partial charge in [0.25, 0.3) is 0 Å². The Morgan fingerprint density at radius 1 is 1.19 bits per heavy atom. The molecule has 0 fully saturated rings. The Morgan fingerprint density at radius 3 is 2.48 bits per heavy atom. The Hall–Kier alpha value is -1.56. The SMILES string of the molecule is NC(CCC(=O)NCCCCC(F)(F)F)c1ccccc1. The second-order valence-corrected chi connectivity index (χ2v) is 4.98. The maximum atomic E-state index is 11.9. The number of carbonyl (C=O) groups excluding carboxylic acids is 1. The highest BCUT2D eigenvalue weighted by Crippen LogP contribution is 2.21. The number of halogens is 3. The van der Waals surface area contributed by atoms with Gasteiger partial charge in [-0.1, -0.05) is 30.3 Å². The van der Waals surface area contributed by atoms with Crippen molar-refractivity contribution in [3.8, 4) is 0 Å². The van der Waals surface area contributed by atoms with Crippen LogP contribution >= 0.6 is 0 Å². The van der Waals surface area contributed by atoms with Crippen LogP contribution in [0.25, 0.3) is 0 Å². The Morgan fingerprint density at radius 2 is 1.86 bits per heavy atom. The van der Waals surface area contributed by atoms with Gasteiger partial charge in [0.1, 0.15) is 0 Å². The lowest BCUT2D eigenvalue weighted by atomic mass is 10.0. The third-order valence-electron chi connectivity index (χ3n) is 3.12. The molecule has 1 amide bonds. The summed E-state index contributed by atoms with van der Waals surface area (Å²) in [5, 5.41) is 2.61. The van der Waals surface area contributed by atoms with Gasteiger partial charge in [-0.2, -0.15) is 13.2 Å². The summed E-state index contributed by atoms with van der Waals surface area (Å²) in [5.41, 5.74) is 6.93. The molecule has 0 saturated heterocycles. The number of alkyl halides is 3. The number of hydrogen-bond acceptors (Lipinski definition) is 2. The molecule has 0 aliphatic heterocycles. The summed E-state index contributed by atoms with van der Waals surface area (Å²) in [4.78, 5) is 11.5. The molecule has 0 bridgehead atoms. The molecule has 3 N–H and O–H groups in total. The van der Waals surface area contributed by atoms with Gasteiger partial charge in [-0.15, -0.1) is 0 Å². The van der Waals surface area contributed by atoms with Crippen LogP contribution in [0.1, 0.15) is 43.7 Å². The van der Waals surface area contributed by atoms with Crippen molar-refractivity contribution in [1.29, 1.82) is 0 Å². The van der Waals surface area contributed by atoms with Gasteiger partial charge in [0, 0.05) is 25.4 Å². The summed E-state index contributed by atoms with van der Waals surface area (Å²) in [6.45, 7) is 0.273. The normalized spacial score (nSPS) is 13.0. The Balaban J connectivity index is 2.11. The van der Waals surface area contributed by atoms with E-state index in [4.69, 9.17) is 5.73 Å². The first-order valence-electron chi connectivity index (χ1n) is 7.02. The van der Waals surface area contributed by atoms with Crippen LogP contribution in [0.4, 0.5) is 13.2 Å². The zero-order chi connectivity index (χ0) is 15.7. The number of hydrogen-bond donors (Lipinski definition) is 2. The van der Waals surface area contributed by atoms with Crippen LogP contribution < -0.4 is 11.1 Å². The van der Waals surface area contributed by atoms with Gasteiger partial charge in [0.2, 0.25) is 5.91 Å². The molecule has 3 nitrogen and oxygen atoms in total. The first kappa shape index (κ1) is 17.5. The maximum Gasteiger partial charge on any atom is 0.389 e. The average Bonchev–Trinajstić information content (AvgIpc) is 2.44. The fraction of sp³-hybridized carbons (Fsp3) is 0.533. The molecule has 0 aliphatic rings. The molecule has 1 aromatic rings. The molecule has 21 heavy (non-hydrogen) atoms. The van der Waals surface area contributed by atoms with Crippen LogP contribution in [0, 0.1) is 0 Å². The zero-order valence-electron chi connectivity index (χ0n) is 11.8. The number of benzene rings is 1. The number of nitrogens with one attached hydrogen (secondary N) is 1. The second-order valence-electron chi connectivity index (χ2n) is 4.98. The standard InChI is InChI=1S/C15H21F3N2O/c16-15(17,18)10-4-5-11-20-14(21)9-8-13(19)12-6-2-1-3-7-12/h1-3,6-7,13H,4-5,8-11,19H2,(H,20,21). The summed E-state index contributed by atoms with van der Waals surface area (Å²) >= 11 is 0. The Labute approximate surface area is 122 Å². The molecule has 118 valence electrons. The molecule has 1 atom stereocenters. The number of carbonyl (C=O) groups is 1. The highest BCUT2D eigenvalue weighted by molar-refractivity contribution is 5.75. The molecule has 0 saturated carbocycles. The summed E-state index contributed by atoms with van der Waals surface area (Å²) in [6.07, 6.45) is -3.77. The maximum absolute atomic E-state index is 11.9. The van der Waals surface area contributed by atoms with Crippen molar-refractivity contribution in [2.24, 2.45) is 5.73 Å². The van der Waals surface area contributed by atoms with Crippen LogP contribution in [0.2, 0.25) is 0 Å². The van der Waals surface area contributed by atoms with E-state index in [1.807, 2.05) is 30.3 Å². The van der Waals surface area contributed by atoms with E-state index in [1.165, 1.54) is 0 Å². The minimum Gasteiger partial charge on any atom is -0.356 e. The monoisotopic (exact) mass is 302 g/mol. The van der Waals surface area contributed by atoms with E-state index in [2.05, 4.69) is 5.32 Å². The van der Waals surface area contributed by atoms with Gasteiger partial charge in [0.05, 0.1) is 0 Å². The molecule has 1 aromatic carbocycles. The fourth-order valence-corrected chi connectivity index (χ4v) is 1.92. The van der Waals surface area contributed by atoms with Gasteiger partial charge in [0.15, 0.2) is 0 Å². The molecular formula is C15H21F3N2O. The number of amides is 1. The topological polar surface area (TPSA) is 55.1 Å². The molecule has 1 unspecified atom stereocenters. The van der Waals surface area contributed by atoms with E-state index in [9.17, 15) is 18.0 Å². The quantitative estimate of drug-likeness (QED) is 0.724. The molecule has 0 radical (unpaired) electrons. The Bertz CT molecular complexity index is 421. The number of rotatable bonds is 8. The predicted molar refractivity (Wildman–Crippen MR) is 75.5 cm³/mol. The lowest BCUT2D eigenvalue weighted by Crippen LogP contribution is -2.25. The van der Waals surface area contributed by atoms with E-state index >= 15 is 0 Å². The van der Waals surface area contributed by atoms with Crippen LogP contribution in [-0.2, 0) is 4.79 Å². The summed E-state index contributed by atoms with van der Waals surface area (Å²) in [7, 11) is 0. The first-order valence-corrected chi connectivity index (χ1v) is 7.02. The molecule has 0 aromatic heterocycles. The third-order valence-corrected chi connectivity index (χ3v) is 3.12. The van der Waals surface area contributed by atoms with E-state index in [-0.39, 0.29) is 31.3 Å². The van der Waals surface area contributed by atoms with Crippen molar-refractivity contribution in [2.45, 2.75) is 44.3 Å². The minimum atomic E-state index is -4.12. The fourth-order valence-electron chi connectivity index (χ4n) is 1.92. The van der Waals surface area contributed by atoms with Crippen LogP contribution in [0.15, 0.2) is 30.3 Å². The van der Waals surface area contributed by atoms with Crippen molar-refractivity contribution < 1.29 is 18.0 Å². The van der Waals surface area contributed by atoms with Crippen molar-refractivity contribution >= 4 is 5.91 Å². The van der Waals surface area contributed by atoms with Crippen molar-refractivity contribution in [3.05, 3.63) is 35.9 Å². The number of unbranched alkanes of at least 4 members (excludes halogenated alkanes) is 1. The lowest BCUT2D eigenvalue weighted by Gasteiger charge is -2.12. The van der Waals surface area contributed by atoms with E-state index in [0.717, 1.165) is 5.56 Å². The highest BCUT2D eigenvalue weighted by atomic mass is 19.4. The number of nitrogens with two attached hydrogens (primary N) is 1. The van der Waals surface area contributed by atoms with Crippen molar-refractivity contribution in [3.63, 3.8) is 0 Å². The van der Waals surface area contributed by atoms with Crippen LogP contribution in [-0.4, -0.2) is 18.6 Å². The van der Waals surface area contributed by atoms with E-state index in [1.54, 1.807) is 0 Å². The van der Waals surface area contributed by atoms with Gasteiger partial charge in [-0.25, -0.2) is 0 Å². The molecule has 0 aliphatic carbocycles. The summed E-state index contributed by atoms with van der Waals surface area (Å²) in [6, 6.07) is 9.26. The van der Waals surface area contributed by atoms with Gasteiger partial charge in [-0.3, -0.25) is 4.79 Å². The van der Waals surface area contributed by atoms with Gasteiger partial charge >= 0.3 is 6.18 Å². The summed E-state index contributed by atoms with van der Waals surface area (Å²) < 4.78 is 35.7. The minimum absolute atomic E-state index is 0.0350. The molecule has 0 heterocycles. The van der Waals surface area contributed by atoms with Crippen molar-refractivity contribution in [2.75, 3.05) is 6.54 Å². The first-order chi connectivity index (χ1) is 9.88. The second kappa shape index (κ2) is 8.67. The predicted octanol–water partition coefficient (Wildman–Crippen LogP) is 3.32.